The van der Waals surface area contributed by atoms with Gasteiger partial charge in [0.05, 0.1) is 11.1 Å². The van der Waals surface area contributed by atoms with Crippen LogP contribution in [0.15, 0.2) is 12.2 Å². The second kappa shape index (κ2) is 3.91. The van der Waals surface area contributed by atoms with Gasteiger partial charge >= 0.3 is 0 Å². The van der Waals surface area contributed by atoms with Gasteiger partial charge in [-0.15, -0.1) is 0 Å². The van der Waals surface area contributed by atoms with Crippen LogP contribution in [0.4, 0.5) is 0 Å². The molecule has 0 aliphatic heterocycles. The lowest BCUT2D eigenvalue weighted by molar-refractivity contribution is -0.137. The molecule has 0 aromatic heterocycles. The van der Waals surface area contributed by atoms with Gasteiger partial charge in [0.1, 0.15) is 0 Å². The third-order valence-corrected chi connectivity index (χ3v) is 5.75. The van der Waals surface area contributed by atoms with Crippen LogP contribution < -0.4 is 11.5 Å². The van der Waals surface area contributed by atoms with E-state index in [1.165, 1.54) is 6.42 Å². The minimum absolute atomic E-state index is 0.103. The number of hydrogen-bond donors (Lipinski definition) is 2. The molecule has 3 rings (SSSR count). The van der Waals surface area contributed by atoms with Crippen LogP contribution in [0.25, 0.3) is 0 Å². The molecule has 3 fully saturated rings. The summed E-state index contributed by atoms with van der Waals surface area (Å²) in [4.78, 5) is 12.8. The molecular weight excluding hydrogens is 224 g/mol. The monoisotopic (exact) mass is 248 g/mol. The maximum Gasteiger partial charge on any atom is 0.158 e. The van der Waals surface area contributed by atoms with Gasteiger partial charge in [-0.3, -0.25) is 4.79 Å². The van der Waals surface area contributed by atoms with Crippen LogP contribution in [-0.2, 0) is 4.79 Å². The van der Waals surface area contributed by atoms with Gasteiger partial charge in [-0.05, 0) is 31.6 Å². The topological polar surface area (TPSA) is 69.1 Å². The van der Waals surface area contributed by atoms with Crippen LogP contribution >= 0.6 is 0 Å². The minimum Gasteiger partial charge on any atom is -0.320 e. The Morgan fingerprint density at radius 1 is 0.944 bits per heavy atom. The van der Waals surface area contributed by atoms with Crippen LogP contribution in [0, 0.1) is 11.8 Å². The molecule has 0 heterocycles. The third kappa shape index (κ3) is 1.35. The highest BCUT2D eigenvalue weighted by molar-refractivity contribution is 5.95. The van der Waals surface area contributed by atoms with Crippen molar-refractivity contribution in [2.24, 2.45) is 23.3 Å². The predicted molar refractivity (Wildman–Crippen MR) is 71.9 cm³/mol. The standard InChI is InChI=1S/C15H24N2O/c1-10-11-6-2-3-7-12(11)13(18)15(17)9-5-4-8-14(10,15)16/h11-12H,1-9,16-17H2. The summed E-state index contributed by atoms with van der Waals surface area (Å²) in [6, 6.07) is 0. The highest BCUT2D eigenvalue weighted by Crippen LogP contribution is 2.52. The molecular formula is C15H24N2O. The second-order valence-corrected chi connectivity index (χ2v) is 6.54. The highest BCUT2D eigenvalue weighted by Gasteiger charge is 2.61. The summed E-state index contributed by atoms with van der Waals surface area (Å²) in [5.74, 6) is 0.638. The molecule has 4 N–H and O–H groups in total. The summed E-state index contributed by atoms with van der Waals surface area (Å²) in [6.45, 7) is 4.28. The van der Waals surface area contributed by atoms with Crippen molar-refractivity contribution in [1.29, 1.82) is 0 Å². The number of hydrogen-bond acceptors (Lipinski definition) is 3. The van der Waals surface area contributed by atoms with Crippen LogP contribution in [-0.4, -0.2) is 16.9 Å². The molecule has 3 saturated carbocycles. The number of Topliss-reactive ketones (excluding diaryl/α,β-unsaturated/α-hetero) is 1. The van der Waals surface area contributed by atoms with Gasteiger partial charge in [0.15, 0.2) is 5.78 Å². The molecule has 4 unspecified atom stereocenters. The van der Waals surface area contributed by atoms with E-state index in [0.717, 1.165) is 50.5 Å². The van der Waals surface area contributed by atoms with E-state index in [1.807, 2.05) is 0 Å². The lowest BCUT2D eigenvalue weighted by Gasteiger charge is -2.57. The molecule has 0 saturated heterocycles. The molecule has 3 aliphatic carbocycles. The minimum atomic E-state index is -0.832. The van der Waals surface area contributed by atoms with E-state index in [-0.39, 0.29) is 11.7 Å². The van der Waals surface area contributed by atoms with Crippen LogP contribution in [0.3, 0.4) is 0 Å². The molecule has 3 nitrogen and oxygen atoms in total. The fourth-order valence-electron chi connectivity index (χ4n) is 4.57. The molecule has 3 heteroatoms. The van der Waals surface area contributed by atoms with Gasteiger partial charge in [0, 0.05) is 5.92 Å². The zero-order valence-electron chi connectivity index (χ0n) is 11.1. The first-order valence-electron chi connectivity index (χ1n) is 7.32. The third-order valence-electron chi connectivity index (χ3n) is 5.75. The lowest BCUT2D eigenvalue weighted by atomic mass is 9.50. The maximum absolute atomic E-state index is 12.8. The summed E-state index contributed by atoms with van der Waals surface area (Å²) < 4.78 is 0. The van der Waals surface area contributed by atoms with E-state index in [4.69, 9.17) is 11.5 Å². The quantitative estimate of drug-likeness (QED) is 0.643. The average molecular weight is 248 g/mol. The van der Waals surface area contributed by atoms with E-state index in [9.17, 15) is 4.79 Å². The van der Waals surface area contributed by atoms with E-state index >= 15 is 0 Å². The Balaban J connectivity index is 2.05. The number of nitrogens with two attached hydrogens (primary N) is 2. The van der Waals surface area contributed by atoms with Crippen molar-refractivity contribution in [3.63, 3.8) is 0 Å². The number of fused-ring (bicyclic) bond motifs is 2. The molecule has 0 amide bonds. The fraction of sp³-hybridized carbons (Fsp3) is 0.800. The molecule has 0 spiro atoms. The van der Waals surface area contributed by atoms with Gasteiger partial charge < -0.3 is 11.5 Å². The maximum atomic E-state index is 12.8. The first kappa shape index (κ1) is 12.4. The summed E-state index contributed by atoms with van der Waals surface area (Å²) in [5.41, 5.74) is 12.7. The number of carbonyl (C=O) groups is 1. The Morgan fingerprint density at radius 2 is 1.50 bits per heavy atom. The van der Waals surface area contributed by atoms with Crippen molar-refractivity contribution in [2.45, 2.75) is 62.4 Å². The summed E-state index contributed by atoms with van der Waals surface area (Å²) in [6.07, 6.45) is 8.06. The number of rotatable bonds is 0. The van der Waals surface area contributed by atoms with E-state index in [1.54, 1.807) is 0 Å². The normalized spacial score (nSPS) is 48.6. The number of carbonyl (C=O) groups excluding carboxylic acids is 1. The van der Waals surface area contributed by atoms with Crippen molar-refractivity contribution in [2.75, 3.05) is 0 Å². The summed E-state index contributed by atoms with van der Waals surface area (Å²) in [5, 5.41) is 0. The Morgan fingerprint density at radius 3 is 2.17 bits per heavy atom. The van der Waals surface area contributed by atoms with Crippen molar-refractivity contribution in [3.8, 4) is 0 Å². The zero-order valence-corrected chi connectivity index (χ0v) is 11.1. The smallest absolute Gasteiger partial charge is 0.158 e. The Bertz CT molecular complexity index is 367. The molecule has 0 radical (unpaired) electrons. The van der Waals surface area contributed by atoms with E-state index in [2.05, 4.69) is 6.58 Å². The van der Waals surface area contributed by atoms with Gasteiger partial charge in [-0.1, -0.05) is 37.8 Å². The zero-order chi connectivity index (χ0) is 13.0. The molecule has 0 aromatic rings. The van der Waals surface area contributed by atoms with Crippen molar-refractivity contribution in [3.05, 3.63) is 12.2 Å². The molecule has 4 atom stereocenters. The second-order valence-electron chi connectivity index (χ2n) is 6.54. The van der Waals surface area contributed by atoms with E-state index < -0.39 is 11.1 Å². The molecule has 100 valence electrons. The summed E-state index contributed by atoms with van der Waals surface area (Å²) >= 11 is 0. The van der Waals surface area contributed by atoms with Gasteiger partial charge in [-0.25, -0.2) is 0 Å². The Labute approximate surface area is 109 Å². The van der Waals surface area contributed by atoms with E-state index in [0.29, 0.717) is 5.92 Å². The number of ketones is 1. The molecule has 0 bridgehead atoms. The van der Waals surface area contributed by atoms with Crippen molar-refractivity contribution >= 4 is 5.78 Å². The average Bonchev–Trinajstić information content (AvgIpc) is 2.39. The predicted octanol–water partition coefficient (Wildman–Crippen LogP) is 1.90. The first-order valence-corrected chi connectivity index (χ1v) is 7.32. The lowest BCUT2D eigenvalue weighted by Crippen LogP contribution is -2.76. The molecule has 3 aliphatic rings. The van der Waals surface area contributed by atoms with Crippen molar-refractivity contribution < 1.29 is 4.79 Å². The SMILES string of the molecule is C=C1C2CCCCC2C(=O)C2(N)CCCCC12N. The Kier molecular flexibility index (Phi) is 2.69. The van der Waals surface area contributed by atoms with Crippen LogP contribution in [0.1, 0.15) is 51.4 Å². The van der Waals surface area contributed by atoms with Gasteiger partial charge in [0.25, 0.3) is 0 Å². The molecule has 18 heavy (non-hydrogen) atoms. The van der Waals surface area contributed by atoms with Crippen LogP contribution in [0.5, 0.6) is 0 Å². The summed E-state index contributed by atoms with van der Waals surface area (Å²) in [7, 11) is 0. The highest BCUT2D eigenvalue weighted by atomic mass is 16.1. The van der Waals surface area contributed by atoms with Gasteiger partial charge in [-0.2, -0.15) is 0 Å². The Hall–Kier alpha value is -0.670. The van der Waals surface area contributed by atoms with Crippen molar-refractivity contribution in [1.82, 2.24) is 0 Å². The van der Waals surface area contributed by atoms with Crippen LogP contribution in [0.2, 0.25) is 0 Å². The fourth-order valence-corrected chi connectivity index (χ4v) is 4.57. The first-order chi connectivity index (χ1) is 8.51. The molecule has 0 aromatic carbocycles. The van der Waals surface area contributed by atoms with Gasteiger partial charge in [0.2, 0.25) is 0 Å². The largest absolute Gasteiger partial charge is 0.320 e.